The molecular weight excluding hydrogens is 506 g/mol. The van der Waals surface area contributed by atoms with Crippen LogP contribution in [0.5, 0.6) is 0 Å². The second-order valence-corrected chi connectivity index (χ2v) is 9.69. The van der Waals surface area contributed by atoms with E-state index < -0.39 is 24.6 Å². The van der Waals surface area contributed by atoms with E-state index in [9.17, 15) is 0 Å². The predicted molar refractivity (Wildman–Crippen MR) is 150 cm³/mol. The number of anilines is 1. The number of hydrogen-bond donors (Lipinski definition) is 1. The van der Waals surface area contributed by atoms with Crippen LogP contribution >= 0.6 is 0 Å². The van der Waals surface area contributed by atoms with Gasteiger partial charge in [-0.3, -0.25) is 0 Å². The van der Waals surface area contributed by atoms with E-state index in [-0.39, 0.29) is 0 Å². The molecule has 204 valence electrons. The van der Waals surface area contributed by atoms with Gasteiger partial charge >= 0.3 is 0 Å². The number of nitrogen functional groups attached to an aromatic ring is 1. The maximum atomic E-state index is 6.55. The number of rotatable bonds is 11. The Labute approximate surface area is 232 Å². The van der Waals surface area contributed by atoms with Crippen molar-refractivity contribution in [1.29, 1.82) is 0 Å². The van der Waals surface area contributed by atoms with Crippen molar-refractivity contribution >= 4 is 17.0 Å². The monoisotopic (exact) mass is 537 g/mol. The van der Waals surface area contributed by atoms with Crippen molar-refractivity contribution in [3.63, 3.8) is 0 Å². The summed E-state index contributed by atoms with van der Waals surface area (Å²) in [6, 6.07) is 30.1. The van der Waals surface area contributed by atoms with Crippen LogP contribution in [0.2, 0.25) is 0 Å². The Balaban J connectivity index is 1.28. The van der Waals surface area contributed by atoms with Crippen LogP contribution in [0.25, 0.3) is 11.2 Å². The molecule has 4 atom stereocenters. The molecule has 0 aliphatic carbocycles. The fourth-order valence-electron chi connectivity index (χ4n) is 4.86. The van der Waals surface area contributed by atoms with Crippen molar-refractivity contribution in [2.75, 3.05) is 5.73 Å². The first-order chi connectivity index (χ1) is 19.7. The molecule has 9 nitrogen and oxygen atoms in total. The van der Waals surface area contributed by atoms with Gasteiger partial charge in [-0.25, -0.2) is 15.0 Å². The zero-order valence-electron chi connectivity index (χ0n) is 22.0. The molecule has 2 N–H and O–H groups in total. The van der Waals surface area contributed by atoms with Crippen molar-refractivity contribution < 1.29 is 18.9 Å². The van der Waals surface area contributed by atoms with E-state index in [1.807, 2.05) is 95.6 Å². The Morgan fingerprint density at radius 1 is 0.675 bits per heavy atom. The van der Waals surface area contributed by atoms with Crippen molar-refractivity contribution in [1.82, 2.24) is 19.5 Å². The number of imidazole rings is 1. The second-order valence-electron chi connectivity index (χ2n) is 9.69. The Morgan fingerprint density at radius 3 is 1.82 bits per heavy atom. The predicted octanol–water partition coefficient (Wildman–Crippen LogP) is 4.52. The first-order valence-electron chi connectivity index (χ1n) is 13.3. The molecule has 40 heavy (non-hydrogen) atoms. The molecule has 0 unspecified atom stereocenters. The summed E-state index contributed by atoms with van der Waals surface area (Å²) in [6.45, 7) is 1.60. The number of ether oxygens (including phenoxy) is 4. The summed E-state index contributed by atoms with van der Waals surface area (Å²) in [7, 11) is 0. The van der Waals surface area contributed by atoms with Gasteiger partial charge in [0.15, 0.2) is 17.8 Å². The minimum absolute atomic E-state index is 0.334. The van der Waals surface area contributed by atoms with E-state index in [1.165, 1.54) is 6.33 Å². The van der Waals surface area contributed by atoms with Crippen LogP contribution in [0, 0.1) is 0 Å². The highest BCUT2D eigenvalue weighted by Crippen LogP contribution is 2.31. The number of hydrogen-bond acceptors (Lipinski definition) is 8. The van der Waals surface area contributed by atoms with Crippen molar-refractivity contribution in [2.24, 2.45) is 0 Å². The van der Waals surface area contributed by atoms with Gasteiger partial charge in [-0.1, -0.05) is 91.0 Å². The first-order valence-corrected chi connectivity index (χ1v) is 13.3. The van der Waals surface area contributed by atoms with Gasteiger partial charge in [0.05, 0.1) is 32.7 Å². The largest absolute Gasteiger partial charge is 0.382 e. The average molecular weight is 538 g/mol. The fraction of sp³-hybridized carbons (Fsp3) is 0.258. The molecule has 0 saturated carbocycles. The first kappa shape index (κ1) is 26.1. The molecule has 0 bridgehead atoms. The summed E-state index contributed by atoms with van der Waals surface area (Å²) >= 11 is 0. The Bertz CT molecular complexity index is 1500. The van der Waals surface area contributed by atoms with Gasteiger partial charge in [-0.05, 0) is 16.7 Å². The molecule has 0 spiro atoms. The standard InChI is InChI=1S/C31H31N5O4/c32-29-26-30(34-20-33-29)36(21-35-26)16-25-27(37-17-22-10-4-1-5-11-22)28(38-18-23-12-6-2-7-13-23)31(40-25)39-19-24-14-8-3-9-15-24/h1-15,20-21,25,27-28,31H,16-19H2,(H2,32,33,34)/t25-,27+,28+,31-/m0/s1. The molecule has 1 aliphatic rings. The van der Waals surface area contributed by atoms with Crippen LogP contribution in [0.15, 0.2) is 104 Å². The lowest BCUT2D eigenvalue weighted by molar-refractivity contribution is -0.187. The molecule has 9 heteroatoms. The van der Waals surface area contributed by atoms with Crippen molar-refractivity contribution in [2.45, 2.75) is 51.0 Å². The quantitative estimate of drug-likeness (QED) is 0.262. The normalized spacial score (nSPS) is 20.7. The van der Waals surface area contributed by atoms with Gasteiger partial charge < -0.3 is 29.2 Å². The third-order valence-corrected chi connectivity index (χ3v) is 6.90. The van der Waals surface area contributed by atoms with Crippen LogP contribution in [0.3, 0.4) is 0 Å². The molecule has 3 aromatic carbocycles. The summed E-state index contributed by atoms with van der Waals surface area (Å²) < 4.78 is 27.8. The molecule has 5 aromatic rings. The van der Waals surface area contributed by atoms with E-state index in [0.717, 1.165) is 16.7 Å². The third-order valence-electron chi connectivity index (χ3n) is 6.90. The second kappa shape index (κ2) is 12.4. The number of nitrogens with zero attached hydrogens (tertiary/aromatic N) is 4. The lowest BCUT2D eigenvalue weighted by atomic mass is 10.1. The number of benzene rings is 3. The molecule has 0 amide bonds. The minimum atomic E-state index is -0.649. The highest BCUT2D eigenvalue weighted by molar-refractivity contribution is 5.81. The highest BCUT2D eigenvalue weighted by Gasteiger charge is 2.47. The minimum Gasteiger partial charge on any atom is -0.382 e. The Hall–Kier alpha value is -4.15. The van der Waals surface area contributed by atoms with Crippen LogP contribution in [0.4, 0.5) is 5.82 Å². The molecule has 6 rings (SSSR count). The van der Waals surface area contributed by atoms with Crippen LogP contribution in [0.1, 0.15) is 16.7 Å². The van der Waals surface area contributed by atoms with Gasteiger partial charge in [0.2, 0.25) is 0 Å². The lowest BCUT2D eigenvalue weighted by Gasteiger charge is -2.25. The van der Waals surface area contributed by atoms with Gasteiger partial charge in [0.25, 0.3) is 0 Å². The molecule has 1 fully saturated rings. The van der Waals surface area contributed by atoms with Crippen LogP contribution in [-0.2, 0) is 45.3 Å². The van der Waals surface area contributed by atoms with Crippen LogP contribution in [-0.4, -0.2) is 44.1 Å². The van der Waals surface area contributed by atoms with Gasteiger partial charge in [-0.15, -0.1) is 0 Å². The number of fused-ring (bicyclic) bond motifs is 1. The van der Waals surface area contributed by atoms with E-state index >= 15 is 0 Å². The highest BCUT2D eigenvalue weighted by atomic mass is 16.7. The summed E-state index contributed by atoms with van der Waals surface area (Å²) in [5.74, 6) is 0.334. The summed E-state index contributed by atoms with van der Waals surface area (Å²) in [4.78, 5) is 12.9. The Kier molecular flexibility index (Phi) is 8.06. The summed E-state index contributed by atoms with van der Waals surface area (Å²) in [6.07, 6.45) is 1.17. The topological polar surface area (TPSA) is 107 Å². The Morgan fingerprint density at radius 2 is 1.23 bits per heavy atom. The molecule has 2 aromatic heterocycles. The van der Waals surface area contributed by atoms with E-state index in [2.05, 4.69) is 15.0 Å². The molecule has 1 aliphatic heterocycles. The molecule has 0 radical (unpaired) electrons. The maximum Gasteiger partial charge on any atom is 0.187 e. The fourth-order valence-corrected chi connectivity index (χ4v) is 4.86. The SMILES string of the molecule is Nc1ncnc2c1ncn2C[C@@H]1O[C@H](OCc2ccccc2)[C@H](OCc2ccccc2)[C@@H]1OCc1ccccc1. The van der Waals surface area contributed by atoms with E-state index in [4.69, 9.17) is 24.7 Å². The summed E-state index contributed by atoms with van der Waals surface area (Å²) in [5, 5.41) is 0. The van der Waals surface area contributed by atoms with Gasteiger partial charge in [0, 0.05) is 0 Å². The van der Waals surface area contributed by atoms with Gasteiger partial charge in [0.1, 0.15) is 30.2 Å². The lowest BCUT2D eigenvalue weighted by Crippen LogP contribution is -2.39. The van der Waals surface area contributed by atoms with Crippen LogP contribution < -0.4 is 5.73 Å². The van der Waals surface area contributed by atoms with E-state index in [1.54, 1.807) is 6.33 Å². The zero-order chi connectivity index (χ0) is 27.1. The zero-order valence-corrected chi connectivity index (χ0v) is 22.0. The van der Waals surface area contributed by atoms with Crippen molar-refractivity contribution in [3.05, 3.63) is 120 Å². The smallest absolute Gasteiger partial charge is 0.187 e. The number of nitrogens with two attached hydrogens (primary N) is 1. The van der Waals surface area contributed by atoms with E-state index in [0.29, 0.717) is 43.3 Å². The summed E-state index contributed by atoms with van der Waals surface area (Å²) in [5.41, 5.74) is 10.4. The number of aromatic nitrogens is 4. The molecule has 3 heterocycles. The molecular formula is C31H31N5O4. The maximum absolute atomic E-state index is 6.55. The third kappa shape index (κ3) is 6.03. The molecule has 1 saturated heterocycles. The van der Waals surface area contributed by atoms with Gasteiger partial charge in [-0.2, -0.15) is 0 Å². The average Bonchev–Trinajstić information content (AvgIpc) is 3.57. The van der Waals surface area contributed by atoms with Crippen molar-refractivity contribution in [3.8, 4) is 0 Å².